The molecule has 3 rings (SSSR count). The van der Waals surface area contributed by atoms with Gasteiger partial charge in [-0.25, -0.2) is 9.18 Å². The first kappa shape index (κ1) is 12.4. The Morgan fingerprint density at radius 2 is 2.05 bits per heavy atom. The third-order valence-corrected chi connectivity index (χ3v) is 4.31. The molecule has 0 atom stereocenters. The number of aromatic amines is 1. The quantitative estimate of drug-likeness (QED) is 0.692. The topological polar surface area (TPSA) is 45.8 Å². The van der Waals surface area contributed by atoms with Crippen LogP contribution >= 0.6 is 11.8 Å². The number of nitrogens with one attached hydrogen (secondary N) is 1. The van der Waals surface area contributed by atoms with E-state index in [1.54, 1.807) is 23.9 Å². The molecule has 98 valence electrons. The van der Waals surface area contributed by atoms with Gasteiger partial charge in [0, 0.05) is 17.0 Å². The lowest BCUT2D eigenvalue weighted by Crippen LogP contribution is -2.14. The van der Waals surface area contributed by atoms with Crippen molar-refractivity contribution in [3.05, 3.63) is 57.4 Å². The van der Waals surface area contributed by atoms with Crippen LogP contribution in [0, 0.1) is 5.82 Å². The maximum Gasteiger partial charge on any atom is 0.346 e. The zero-order chi connectivity index (χ0) is 13.2. The fourth-order valence-electron chi connectivity index (χ4n) is 2.29. The van der Waals surface area contributed by atoms with Crippen molar-refractivity contribution in [3.63, 3.8) is 0 Å². The molecule has 19 heavy (non-hydrogen) atoms. The summed E-state index contributed by atoms with van der Waals surface area (Å²) in [4.78, 5) is 18.3. The Bertz CT molecular complexity index is 651. The van der Waals surface area contributed by atoms with Gasteiger partial charge in [-0.15, -0.1) is 11.8 Å². The van der Waals surface area contributed by atoms with E-state index in [-0.39, 0.29) is 11.5 Å². The van der Waals surface area contributed by atoms with Gasteiger partial charge in [-0.05, 0) is 37.0 Å². The smallest absolute Gasteiger partial charge is 0.309 e. The third-order valence-electron chi connectivity index (χ3n) is 3.23. The van der Waals surface area contributed by atoms with Crippen LogP contribution < -0.4 is 5.69 Å². The van der Waals surface area contributed by atoms with Crippen LogP contribution in [0.4, 0.5) is 4.39 Å². The second-order valence-electron chi connectivity index (χ2n) is 4.57. The van der Waals surface area contributed by atoms with Crippen molar-refractivity contribution in [2.24, 2.45) is 0 Å². The van der Waals surface area contributed by atoms with E-state index in [2.05, 4.69) is 9.97 Å². The van der Waals surface area contributed by atoms with Gasteiger partial charge < -0.3 is 4.98 Å². The highest BCUT2D eigenvalue weighted by Gasteiger charge is 2.17. The molecule has 1 aliphatic rings. The molecule has 0 aliphatic heterocycles. The molecule has 1 aliphatic carbocycles. The molecule has 1 aromatic heterocycles. The van der Waals surface area contributed by atoms with Crippen LogP contribution in [0.5, 0.6) is 0 Å². The highest BCUT2D eigenvalue weighted by Crippen LogP contribution is 2.29. The zero-order valence-corrected chi connectivity index (χ0v) is 11.1. The molecule has 1 heterocycles. The fourth-order valence-corrected chi connectivity index (χ4v) is 3.33. The summed E-state index contributed by atoms with van der Waals surface area (Å²) < 4.78 is 12.8. The second-order valence-corrected chi connectivity index (χ2v) is 5.54. The number of fused-ring (bicyclic) bond motifs is 1. The minimum Gasteiger partial charge on any atom is -0.309 e. The van der Waals surface area contributed by atoms with Crippen LogP contribution in [0.3, 0.4) is 0 Å². The van der Waals surface area contributed by atoms with E-state index in [1.807, 2.05) is 0 Å². The van der Waals surface area contributed by atoms with E-state index in [1.165, 1.54) is 17.7 Å². The van der Waals surface area contributed by atoms with Gasteiger partial charge in [0.1, 0.15) is 10.8 Å². The number of hydrogen-bond donors (Lipinski definition) is 1. The summed E-state index contributed by atoms with van der Waals surface area (Å²) >= 11 is 1.55. The molecule has 0 unspecified atom stereocenters. The molecule has 1 N–H and O–H groups in total. The maximum atomic E-state index is 12.8. The molecule has 0 radical (unpaired) electrons. The Hall–Kier alpha value is -1.62. The summed E-state index contributed by atoms with van der Waals surface area (Å²) in [5.41, 5.74) is 2.95. The van der Waals surface area contributed by atoms with Crippen LogP contribution in [0.25, 0.3) is 0 Å². The first-order chi connectivity index (χ1) is 9.22. The monoisotopic (exact) mass is 276 g/mol. The highest BCUT2D eigenvalue weighted by molar-refractivity contribution is 7.98. The molecule has 0 saturated carbocycles. The predicted molar refractivity (Wildman–Crippen MR) is 72.8 cm³/mol. The van der Waals surface area contributed by atoms with Gasteiger partial charge in [-0.3, -0.25) is 0 Å². The van der Waals surface area contributed by atoms with Gasteiger partial charge in [-0.1, -0.05) is 12.1 Å². The van der Waals surface area contributed by atoms with Crippen molar-refractivity contribution in [3.8, 4) is 0 Å². The molecule has 5 heteroatoms. The Morgan fingerprint density at radius 1 is 1.26 bits per heavy atom. The summed E-state index contributed by atoms with van der Waals surface area (Å²) in [5.74, 6) is 0.465. The number of hydrogen-bond acceptors (Lipinski definition) is 3. The van der Waals surface area contributed by atoms with Crippen LogP contribution in [0.15, 0.2) is 34.1 Å². The van der Waals surface area contributed by atoms with Gasteiger partial charge in [0.2, 0.25) is 0 Å². The van der Waals surface area contributed by atoms with Gasteiger partial charge in [-0.2, -0.15) is 4.98 Å². The first-order valence-electron chi connectivity index (χ1n) is 6.22. The number of rotatable bonds is 3. The number of aromatic nitrogens is 2. The number of H-pyrrole nitrogens is 1. The molecule has 2 aromatic rings. The minimum atomic E-state index is -0.276. The average molecular weight is 276 g/mol. The molecule has 3 nitrogen and oxygen atoms in total. The fraction of sp³-hybridized carbons (Fsp3) is 0.286. The third kappa shape index (κ3) is 2.71. The van der Waals surface area contributed by atoms with E-state index >= 15 is 0 Å². The minimum absolute atomic E-state index is 0.232. The molecule has 1 aromatic carbocycles. The SMILES string of the molecule is O=c1nc(SCc2ccc(F)cc2)c2c([nH]1)CCC2. The standard InChI is InChI=1S/C14H13FN2OS/c15-10-6-4-9(5-7-10)8-19-13-11-2-1-3-12(11)16-14(18)17-13/h4-7H,1-3,8H2,(H,16,17,18). The second kappa shape index (κ2) is 5.17. The van der Waals surface area contributed by atoms with Crippen LogP contribution in [-0.4, -0.2) is 9.97 Å². The maximum absolute atomic E-state index is 12.8. The van der Waals surface area contributed by atoms with Gasteiger partial charge >= 0.3 is 5.69 Å². The average Bonchev–Trinajstić information content (AvgIpc) is 2.85. The summed E-state index contributed by atoms with van der Waals surface area (Å²) in [7, 11) is 0. The van der Waals surface area contributed by atoms with Crippen molar-refractivity contribution in [1.29, 1.82) is 0 Å². The molecule has 0 amide bonds. The summed E-state index contributed by atoms with van der Waals surface area (Å²) in [6, 6.07) is 6.42. The molecular formula is C14H13FN2OS. The van der Waals surface area contributed by atoms with E-state index < -0.39 is 0 Å². The molecule has 0 saturated heterocycles. The lowest BCUT2D eigenvalue weighted by atomic mass is 10.2. The molecular weight excluding hydrogens is 263 g/mol. The Morgan fingerprint density at radius 3 is 2.84 bits per heavy atom. The Kier molecular flexibility index (Phi) is 3.38. The largest absolute Gasteiger partial charge is 0.346 e. The van der Waals surface area contributed by atoms with Crippen LogP contribution in [0.1, 0.15) is 23.2 Å². The van der Waals surface area contributed by atoms with Gasteiger partial charge in [0.25, 0.3) is 0 Å². The van der Waals surface area contributed by atoms with Crippen molar-refractivity contribution in [2.75, 3.05) is 0 Å². The van der Waals surface area contributed by atoms with Crippen molar-refractivity contribution in [2.45, 2.75) is 30.0 Å². The normalized spacial score (nSPS) is 13.5. The number of nitrogens with zero attached hydrogens (tertiary/aromatic N) is 1. The van der Waals surface area contributed by atoms with E-state index in [0.717, 1.165) is 35.5 Å². The van der Waals surface area contributed by atoms with E-state index in [4.69, 9.17) is 0 Å². The molecule has 0 spiro atoms. The zero-order valence-electron chi connectivity index (χ0n) is 10.3. The first-order valence-corrected chi connectivity index (χ1v) is 7.20. The summed E-state index contributed by atoms with van der Waals surface area (Å²) in [6.45, 7) is 0. The van der Waals surface area contributed by atoms with Gasteiger partial charge in [0.15, 0.2) is 0 Å². The van der Waals surface area contributed by atoms with Crippen LogP contribution in [0.2, 0.25) is 0 Å². The lowest BCUT2D eigenvalue weighted by molar-refractivity contribution is 0.627. The lowest BCUT2D eigenvalue weighted by Gasteiger charge is -2.06. The number of aryl methyl sites for hydroxylation is 1. The van der Waals surface area contributed by atoms with Crippen molar-refractivity contribution in [1.82, 2.24) is 9.97 Å². The number of thioether (sulfide) groups is 1. The number of benzene rings is 1. The summed E-state index contributed by atoms with van der Waals surface area (Å²) in [5, 5.41) is 0.820. The van der Waals surface area contributed by atoms with E-state index in [0.29, 0.717) is 5.75 Å². The van der Waals surface area contributed by atoms with Crippen LogP contribution in [-0.2, 0) is 18.6 Å². The van der Waals surface area contributed by atoms with Crippen molar-refractivity contribution < 1.29 is 4.39 Å². The van der Waals surface area contributed by atoms with Gasteiger partial charge in [0.05, 0.1) is 0 Å². The summed E-state index contributed by atoms with van der Waals surface area (Å²) in [6.07, 6.45) is 2.98. The number of halogens is 1. The Balaban J connectivity index is 1.80. The van der Waals surface area contributed by atoms with Crippen molar-refractivity contribution >= 4 is 11.8 Å². The Labute approximate surface area is 114 Å². The van der Waals surface area contributed by atoms with E-state index in [9.17, 15) is 9.18 Å². The predicted octanol–water partition coefficient (Wildman–Crippen LogP) is 2.69. The molecule has 0 fully saturated rings. The highest BCUT2D eigenvalue weighted by atomic mass is 32.2. The molecule has 0 bridgehead atoms.